The Bertz CT molecular complexity index is 645. The van der Waals surface area contributed by atoms with Crippen molar-refractivity contribution in [2.75, 3.05) is 12.3 Å². The van der Waals surface area contributed by atoms with E-state index in [-0.39, 0.29) is 5.91 Å². The van der Waals surface area contributed by atoms with Gasteiger partial charge in [0.15, 0.2) is 10.9 Å². The number of hydrogen-bond donors (Lipinski definition) is 1. The summed E-state index contributed by atoms with van der Waals surface area (Å²) in [5, 5.41) is 4.37. The van der Waals surface area contributed by atoms with Crippen LogP contribution in [0.3, 0.4) is 0 Å². The minimum atomic E-state index is -0.239. The molecule has 2 aromatic rings. The number of thioether (sulfide) groups is 1. The number of amides is 1. The van der Waals surface area contributed by atoms with Crippen LogP contribution in [-0.4, -0.2) is 23.4 Å². The number of nitrogens with zero attached hydrogens (tertiary/aromatic N) is 1. The van der Waals surface area contributed by atoms with Crippen LogP contribution >= 0.6 is 11.8 Å². The lowest BCUT2D eigenvalue weighted by Crippen LogP contribution is -2.26. The second-order valence-electron chi connectivity index (χ2n) is 4.14. The van der Waals surface area contributed by atoms with Crippen LogP contribution in [0.25, 0.3) is 11.0 Å². The lowest BCUT2D eigenvalue weighted by atomic mass is 10.2. The zero-order valence-corrected chi connectivity index (χ0v) is 10.7. The molecule has 1 amide bonds. The molecule has 0 spiro atoms. The van der Waals surface area contributed by atoms with Crippen molar-refractivity contribution in [2.24, 2.45) is 4.99 Å². The Kier molecular flexibility index (Phi) is 2.83. The Morgan fingerprint density at radius 3 is 3.11 bits per heavy atom. The second kappa shape index (κ2) is 4.49. The van der Waals surface area contributed by atoms with Gasteiger partial charge in [-0.25, -0.2) is 0 Å². The largest absolute Gasteiger partial charge is 0.451 e. The zero-order chi connectivity index (χ0) is 12.5. The van der Waals surface area contributed by atoms with Crippen LogP contribution in [-0.2, 0) is 0 Å². The summed E-state index contributed by atoms with van der Waals surface area (Å²) in [6.45, 7) is 2.76. The minimum Gasteiger partial charge on any atom is -0.451 e. The smallest absolute Gasteiger partial charge is 0.292 e. The highest BCUT2D eigenvalue weighted by molar-refractivity contribution is 8.14. The van der Waals surface area contributed by atoms with Gasteiger partial charge < -0.3 is 4.42 Å². The van der Waals surface area contributed by atoms with Gasteiger partial charge in [0.1, 0.15) is 5.58 Å². The van der Waals surface area contributed by atoms with E-state index in [4.69, 9.17) is 4.42 Å². The van der Waals surface area contributed by atoms with Crippen molar-refractivity contribution in [3.05, 3.63) is 35.6 Å². The molecule has 0 saturated carbocycles. The Morgan fingerprint density at radius 2 is 2.33 bits per heavy atom. The van der Waals surface area contributed by atoms with Crippen LogP contribution < -0.4 is 5.32 Å². The number of nitrogens with one attached hydrogen (secondary N) is 1. The number of benzene rings is 1. The van der Waals surface area contributed by atoms with Gasteiger partial charge >= 0.3 is 0 Å². The fraction of sp³-hybridized carbons (Fsp3) is 0.231. The second-order valence-corrected chi connectivity index (χ2v) is 5.23. The highest BCUT2D eigenvalue weighted by atomic mass is 32.2. The van der Waals surface area contributed by atoms with Gasteiger partial charge in [-0.1, -0.05) is 23.9 Å². The number of carbonyl (C=O) groups excluding carboxylic acids is 1. The van der Waals surface area contributed by atoms with E-state index in [0.717, 1.165) is 28.8 Å². The van der Waals surface area contributed by atoms with Crippen LogP contribution in [0, 0.1) is 6.92 Å². The van der Waals surface area contributed by atoms with Crippen molar-refractivity contribution in [1.29, 1.82) is 0 Å². The summed E-state index contributed by atoms with van der Waals surface area (Å²) >= 11 is 1.55. The van der Waals surface area contributed by atoms with Crippen LogP contribution in [0.2, 0.25) is 0 Å². The van der Waals surface area contributed by atoms with E-state index in [1.807, 2.05) is 25.1 Å². The number of aryl methyl sites for hydroxylation is 1. The van der Waals surface area contributed by atoms with Crippen molar-refractivity contribution in [1.82, 2.24) is 5.32 Å². The number of aliphatic imine (C=N–C) groups is 1. The predicted octanol–water partition coefficient (Wildman–Crippen LogP) is 2.57. The predicted molar refractivity (Wildman–Crippen MR) is 73.2 cm³/mol. The zero-order valence-electron chi connectivity index (χ0n) is 9.90. The maximum atomic E-state index is 12.0. The van der Waals surface area contributed by atoms with E-state index >= 15 is 0 Å². The summed E-state index contributed by atoms with van der Waals surface area (Å²) in [6, 6.07) is 7.63. The maximum absolute atomic E-state index is 12.0. The molecular weight excluding hydrogens is 248 g/mol. The van der Waals surface area contributed by atoms with Gasteiger partial charge in [0.05, 0.1) is 6.54 Å². The Morgan fingerprint density at radius 1 is 1.44 bits per heavy atom. The SMILES string of the molecule is Cc1ccc2cc(C(=O)NC3=NCCS3)oc2c1. The van der Waals surface area contributed by atoms with E-state index in [0.29, 0.717) is 10.9 Å². The molecule has 2 heterocycles. The summed E-state index contributed by atoms with van der Waals surface area (Å²) in [5.74, 6) is 1.01. The number of carbonyl (C=O) groups is 1. The Balaban J connectivity index is 1.87. The van der Waals surface area contributed by atoms with Gasteiger partial charge in [-0.3, -0.25) is 15.1 Å². The van der Waals surface area contributed by atoms with E-state index in [9.17, 15) is 4.79 Å². The highest BCUT2D eigenvalue weighted by Gasteiger charge is 2.16. The first-order valence-electron chi connectivity index (χ1n) is 5.71. The fourth-order valence-corrected chi connectivity index (χ4v) is 2.54. The molecule has 0 atom stereocenters. The normalized spacial score (nSPS) is 14.8. The van der Waals surface area contributed by atoms with Gasteiger partial charge in [-0.2, -0.15) is 0 Å². The summed E-state index contributed by atoms with van der Waals surface area (Å²) in [6.07, 6.45) is 0. The third-order valence-corrected chi connectivity index (χ3v) is 3.60. The molecule has 0 saturated heterocycles. The van der Waals surface area contributed by atoms with Crippen molar-refractivity contribution >= 4 is 33.8 Å². The van der Waals surface area contributed by atoms with E-state index in [1.54, 1.807) is 17.8 Å². The minimum absolute atomic E-state index is 0.239. The van der Waals surface area contributed by atoms with Gasteiger partial charge in [0, 0.05) is 11.1 Å². The third-order valence-electron chi connectivity index (χ3n) is 2.71. The summed E-state index contributed by atoms with van der Waals surface area (Å²) in [4.78, 5) is 16.1. The maximum Gasteiger partial charge on any atom is 0.292 e. The average Bonchev–Trinajstić information content (AvgIpc) is 2.96. The number of amidine groups is 1. The number of hydrogen-bond acceptors (Lipinski definition) is 4. The Labute approximate surface area is 108 Å². The van der Waals surface area contributed by atoms with Crippen molar-refractivity contribution in [3.8, 4) is 0 Å². The van der Waals surface area contributed by atoms with E-state index in [1.165, 1.54) is 0 Å². The molecule has 0 unspecified atom stereocenters. The van der Waals surface area contributed by atoms with Crippen molar-refractivity contribution in [2.45, 2.75) is 6.92 Å². The molecule has 0 aliphatic carbocycles. The summed E-state index contributed by atoms with van der Waals surface area (Å²) in [7, 11) is 0. The molecule has 5 heteroatoms. The first-order chi connectivity index (χ1) is 8.72. The van der Waals surface area contributed by atoms with Crippen LogP contribution in [0.5, 0.6) is 0 Å². The standard InChI is InChI=1S/C13H12N2O2S/c1-8-2-3-9-7-11(17-10(9)6-8)12(16)15-13-14-4-5-18-13/h2-3,6-7H,4-5H2,1H3,(H,14,15,16). The molecule has 1 N–H and O–H groups in total. The van der Waals surface area contributed by atoms with Crippen LogP contribution in [0.15, 0.2) is 33.7 Å². The molecule has 1 aromatic carbocycles. The lowest BCUT2D eigenvalue weighted by Gasteiger charge is -1.99. The number of rotatable bonds is 1. The molecule has 0 radical (unpaired) electrons. The molecule has 1 aliphatic rings. The highest BCUT2D eigenvalue weighted by Crippen LogP contribution is 2.21. The molecule has 92 valence electrons. The van der Waals surface area contributed by atoms with Crippen LogP contribution in [0.4, 0.5) is 0 Å². The molecule has 18 heavy (non-hydrogen) atoms. The van der Waals surface area contributed by atoms with Gasteiger partial charge in [-0.05, 0) is 24.6 Å². The first kappa shape index (κ1) is 11.3. The lowest BCUT2D eigenvalue weighted by molar-refractivity contribution is 0.0953. The molecule has 3 rings (SSSR count). The topological polar surface area (TPSA) is 54.6 Å². The quantitative estimate of drug-likeness (QED) is 0.857. The van der Waals surface area contributed by atoms with Crippen LogP contribution in [0.1, 0.15) is 16.1 Å². The van der Waals surface area contributed by atoms with Crippen molar-refractivity contribution in [3.63, 3.8) is 0 Å². The third kappa shape index (κ3) is 2.13. The molecule has 4 nitrogen and oxygen atoms in total. The monoisotopic (exact) mass is 260 g/mol. The Hall–Kier alpha value is -1.75. The first-order valence-corrected chi connectivity index (χ1v) is 6.70. The van der Waals surface area contributed by atoms with Gasteiger partial charge in [0.25, 0.3) is 5.91 Å². The number of furan rings is 1. The molecule has 1 aromatic heterocycles. The van der Waals surface area contributed by atoms with Gasteiger partial charge in [0.2, 0.25) is 0 Å². The molecule has 0 fully saturated rings. The molecular formula is C13H12N2O2S. The van der Waals surface area contributed by atoms with Gasteiger partial charge in [-0.15, -0.1) is 0 Å². The average molecular weight is 260 g/mol. The molecule has 0 bridgehead atoms. The summed E-state index contributed by atoms with van der Waals surface area (Å²) < 4.78 is 5.54. The number of fused-ring (bicyclic) bond motifs is 1. The molecule has 1 aliphatic heterocycles. The van der Waals surface area contributed by atoms with Crippen molar-refractivity contribution < 1.29 is 9.21 Å². The van der Waals surface area contributed by atoms with E-state index in [2.05, 4.69) is 10.3 Å². The fourth-order valence-electron chi connectivity index (χ4n) is 1.82. The van der Waals surface area contributed by atoms with E-state index < -0.39 is 0 Å². The summed E-state index contributed by atoms with van der Waals surface area (Å²) in [5.41, 5.74) is 1.85.